The van der Waals surface area contributed by atoms with Crippen LogP contribution in [0.5, 0.6) is 0 Å². The van der Waals surface area contributed by atoms with Gasteiger partial charge in [-0.25, -0.2) is 15.0 Å². The van der Waals surface area contributed by atoms with Gasteiger partial charge < -0.3 is 8.98 Å². The first-order valence-corrected chi connectivity index (χ1v) is 19.6. The molecule has 3 aromatic heterocycles. The summed E-state index contributed by atoms with van der Waals surface area (Å²) in [6, 6.07) is 44.9. The van der Waals surface area contributed by atoms with Crippen molar-refractivity contribution in [1.82, 2.24) is 19.5 Å². The quantitative estimate of drug-likeness (QED) is 0.181. The molecule has 5 nitrogen and oxygen atoms in total. The molecule has 0 saturated carbocycles. The van der Waals surface area contributed by atoms with Gasteiger partial charge in [-0.2, -0.15) is 0 Å². The summed E-state index contributed by atoms with van der Waals surface area (Å²) >= 11 is 0. The predicted octanol–water partition coefficient (Wildman–Crippen LogP) is 13.8. The third-order valence-corrected chi connectivity index (χ3v) is 11.1. The van der Waals surface area contributed by atoms with E-state index in [2.05, 4.69) is 158 Å². The van der Waals surface area contributed by atoms with E-state index in [1.807, 2.05) is 36.4 Å². The fraction of sp³-hybridized carbons (Fsp3) is 0.235. The number of nitrogens with zero attached hydrogens (tertiary/aromatic N) is 4. The van der Waals surface area contributed by atoms with Gasteiger partial charge in [-0.05, 0) is 57.7 Å². The highest BCUT2D eigenvalue weighted by atomic mass is 16.3. The van der Waals surface area contributed by atoms with Gasteiger partial charge in [-0.15, -0.1) is 0 Å². The van der Waals surface area contributed by atoms with Crippen molar-refractivity contribution < 1.29 is 4.42 Å². The zero-order valence-corrected chi connectivity index (χ0v) is 33.8. The van der Waals surface area contributed by atoms with Gasteiger partial charge in [0.1, 0.15) is 5.58 Å². The number of hydrogen-bond donors (Lipinski definition) is 0. The van der Waals surface area contributed by atoms with Crippen LogP contribution in [0.1, 0.15) is 79.0 Å². The first kappa shape index (κ1) is 35.6. The molecule has 9 aromatic rings. The van der Waals surface area contributed by atoms with Crippen LogP contribution >= 0.6 is 0 Å². The maximum Gasteiger partial charge on any atom is 0.164 e. The monoisotopic (exact) mass is 732 g/mol. The molecular formula is C51H48N4O. The van der Waals surface area contributed by atoms with E-state index < -0.39 is 0 Å². The van der Waals surface area contributed by atoms with Crippen LogP contribution in [0.3, 0.4) is 0 Å². The highest BCUT2D eigenvalue weighted by Gasteiger charge is 2.29. The van der Waals surface area contributed by atoms with Gasteiger partial charge in [0.05, 0.1) is 16.7 Å². The molecule has 0 bridgehead atoms. The van der Waals surface area contributed by atoms with Crippen LogP contribution in [0.25, 0.3) is 83.6 Å². The van der Waals surface area contributed by atoms with E-state index >= 15 is 0 Å². The summed E-state index contributed by atoms with van der Waals surface area (Å²) in [6.45, 7) is 20.6. The molecule has 5 heteroatoms. The minimum Gasteiger partial charge on any atom is -0.454 e. The molecule has 0 amide bonds. The molecule has 9 rings (SSSR count). The summed E-state index contributed by atoms with van der Waals surface area (Å²) in [5.74, 6) is 1.91. The zero-order chi connectivity index (χ0) is 39.1. The fourth-order valence-electron chi connectivity index (χ4n) is 7.95. The van der Waals surface area contributed by atoms with Crippen LogP contribution in [0, 0.1) is 0 Å². The molecule has 0 spiro atoms. The molecule has 0 saturated heterocycles. The molecule has 0 fully saturated rings. The molecule has 0 unspecified atom stereocenters. The van der Waals surface area contributed by atoms with Crippen molar-refractivity contribution in [3.63, 3.8) is 0 Å². The number of rotatable bonds is 4. The van der Waals surface area contributed by atoms with Crippen LogP contribution in [0.15, 0.2) is 132 Å². The summed E-state index contributed by atoms with van der Waals surface area (Å²) < 4.78 is 9.58. The Bertz CT molecular complexity index is 2890. The van der Waals surface area contributed by atoms with Crippen molar-refractivity contribution in [2.75, 3.05) is 0 Å². The van der Waals surface area contributed by atoms with Crippen LogP contribution in [-0.2, 0) is 16.2 Å². The number of benzene rings is 6. The lowest BCUT2D eigenvalue weighted by Gasteiger charge is -2.25. The van der Waals surface area contributed by atoms with E-state index in [0.29, 0.717) is 17.5 Å². The van der Waals surface area contributed by atoms with Gasteiger partial charge >= 0.3 is 0 Å². The Morgan fingerprint density at radius 2 is 0.964 bits per heavy atom. The van der Waals surface area contributed by atoms with Crippen LogP contribution in [-0.4, -0.2) is 19.5 Å². The molecular weight excluding hydrogens is 685 g/mol. The molecule has 278 valence electrons. The molecule has 56 heavy (non-hydrogen) atoms. The van der Waals surface area contributed by atoms with E-state index in [1.54, 1.807) is 0 Å². The maximum atomic E-state index is 7.19. The second-order valence-electron chi connectivity index (χ2n) is 18.2. The first-order valence-electron chi connectivity index (χ1n) is 19.6. The Morgan fingerprint density at radius 3 is 1.55 bits per heavy atom. The Hall–Kier alpha value is -6.07. The third-order valence-electron chi connectivity index (χ3n) is 11.1. The van der Waals surface area contributed by atoms with Crippen LogP contribution in [0.2, 0.25) is 0 Å². The number of para-hydroxylation sites is 1. The second-order valence-corrected chi connectivity index (χ2v) is 18.2. The molecule has 0 radical (unpaired) electrons. The van der Waals surface area contributed by atoms with Gasteiger partial charge in [-0.1, -0.05) is 159 Å². The minimum atomic E-state index is -0.121. The Morgan fingerprint density at radius 1 is 0.446 bits per heavy atom. The average Bonchev–Trinajstić information content (AvgIpc) is 3.72. The zero-order valence-electron chi connectivity index (χ0n) is 33.8. The SMILES string of the molecule is CC(C)(C)c1cc(-n2c3ccccc3c3c(-c4nc(-c5ccccc5)nc(-c5ccccc5)n4)cccc32)c2oc3c(C(C)(C)C)cc(C(C)(C)C)cc3c2c1. The Balaban J connectivity index is 1.39. The van der Waals surface area contributed by atoms with Crippen molar-refractivity contribution in [3.8, 4) is 39.9 Å². The second kappa shape index (κ2) is 12.7. The van der Waals surface area contributed by atoms with Crippen molar-refractivity contribution in [2.45, 2.75) is 78.6 Å². The first-order chi connectivity index (χ1) is 26.7. The minimum absolute atomic E-state index is 0.0265. The summed E-state index contributed by atoms with van der Waals surface area (Å²) in [4.78, 5) is 15.3. The van der Waals surface area contributed by atoms with Gasteiger partial charge in [-0.3, -0.25) is 0 Å². The van der Waals surface area contributed by atoms with E-state index in [-0.39, 0.29) is 16.2 Å². The normalized spacial score (nSPS) is 12.7. The summed E-state index contributed by atoms with van der Waals surface area (Å²) in [5, 5.41) is 4.51. The highest BCUT2D eigenvalue weighted by Crippen LogP contribution is 2.45. The van der Waals surface area contributed by atoms with E-state index in [4.69, 9.17) is 19.4 Å². The van der Waals surface area contributed by atoms with Gasteiger partial charge in [0, 0.05) is 43.8 Å². The van der Waals surface area contributed by atoms with Crippen LogP contribution in [0.4, 0.5) is 0 Å². The van der Waals surface area contributed by atoms with E-state index in [0.717, 1.165) is 60.7 Å². The molecule has 0 N–H and O–H groups in total. The number of furan rings is 1. The molecule has 0 aliphatic heterocycles. The Labute approximate surface area is 329 Å². The number of aromatic nitrogens is 4. The number of hydrogen-bond acceptors (Lipinski definition) is 4. The van der Waals surface area contributed by atoms with Crippen molar-refractivity contribution in [3.05, 3.63) is 144 Å². The van der Waals surface area contributed by atoms with Crippen molar-refractivity contribution >= 4 is 43.7 Å². The van der Waals surface area contributed by atoms with Crippen molar-refractivity contribution in [2.24, 2.45) is 0 Å². The molecule has 0 aliphatic carbocycles. The number of fused-ring (bicyclic) bond motifs is 6. The lowest BCUT2D eigenvalue weighted by molar-refractivity contribution is 0.559. The van der Waals surface area contributed by atoms with E-state index in [1.165, 1.54) is 22.1 Å². The van der Waals surface area contributed by atoms with Crippen molar-refractivity contribution in [1.29, 1.82) is 0 Å². The maximum absolute atomic E-state index is 7.19. The summed E-state index contributed by atoms with van der Waals surface area (Å²) in [6.07, 6.45) is 0. The molecule has 6 aromatic carbocycles. The third kappa shape index (κ3) is 5.97. The molecule has 0 atom stereocenters. The summed E-state index contributed by atoms with van der Waals surface area (Å²) in [5.41, 5.74) is 11.4. The fourth-order valence-corrected chi connectivity index (χ4v) is 7.95. The largest absolute Gasteiger partial charge is 0.454 e. The standard InChI is InChI=1S/C51H48N4O/c1-49(2,3)33-27-37-38-28-34(50(4,5)6)30-42(45(38)56-44(37)39(29-33)51(7,8)9)55-40-25-17-16-23-35(40)43-36(24-18-26-41(43)55)48-53-46(31-19-12-10-13-20-31)52-47(54-48)32-21-14-11-15-22-32/h10-30H,1-9H3. The Kier molecular flexibility index (Phi) is 8.10. The molecule has 0 aliphatic rings. The smallest absolute Gasteiger partial charge is 0.164 e. The van der Waals surface area contributed by atoms with E-state index in [9.17, 15) is 0 Å². The van der Waals surface area contributed by atoms with Gasteiger partial charge in [0.25, 0.3) is 0 Å². The average molecular weight is 733 g/mol. The van der Waals surface area contributed by atoms with Crippen LogP contribution < -0.4 is 0 Å². The lowest BCUT2D eigenvalue weighted by Crippen LogP contribution is -2.16. The predicted molar refractivity (Wildman–Crippen MR) is 234 cm³/mol. The van der Waals surface area contributed by atoms with Gasteiger partial charge in [0.2, 0.25) is 0 Å². The topological polar surface area (TPSA) is 56.7 Å². The van der Waals surface area contributed by atoms with Gasteiger partial charge in [0.15, 0.2) is 23.1 Å². The lowest BCUT2D eigenvalue weighted by atomic mass is 9.79. The summed E-state index contributed by atoms with van der Waals surface area (Å²) in [7, 11) is 0. The highest BCUT2D eigenvalue weighted by molar-refractivity contribution is 6.17. The molecule has 3 heterocycles.